The van der Waals surface area contributed by atoms with E-state index in [1.54, 1.807) is 0 Å². The molecule has 0 amide bonds. The number of hydrogen-bond acceptors (Lipinski definition) is 6. The van der Waals surface area contributed by atoms with Gasteiger partial charge in [-0.25, -0.2) is 0 Å². The van der Waals surface area contributed by atoms with Gasteiger partial charge in [0.15, 0.2) is 6.10 Å². The zero-order valence-electron chi connectivity index (χ0n) is 50.0. The molecule has 0 fully saturated rings. The summed E-state index contributed by atoms with van der Waals surface area (Å²) in [6.45, 7) is 6.48. The Hall–Kier alpha value is -3.67. The zero-order valence-corrected chi connectivity index (χ0v) is 50.0. The summed E-state index contributed by atoms with van der Waals surface area (Å²) in [6, 6.07) is 0. The first kappa shape index (κ1) is 72.3. The maximum absolute atomic E-state index is 12.9. The Kier molecular flexibility index (Phi) is 60.8. The highest BCUT2D eigenvalue weighted by Crippen LogP contribution is 2.17. The van der Waals surface area contributed by atoms with E-state index in [2.05, 4.69) is 112 Å². The number of hydrogen-bond donors (Lipinski definition) is 0. The lowest BCUT2D eigenvalue weighted by Crippen LogP contribution is -2.30. The van der Waals surface area contributed by atoms with E-state index < -0.39 is 12.1 Å². The van der Waals surface area contributed by atoms with Crippen LogP contribution in [0.15, 0.2) is 97.2 Å². The van der Waals surface area contributed by atoms with Gasteiger partial charge in [0.25, 0.3) is 0 Å². The van der Waals surface area contributed by atoms with Crippen molar-refractivity contribution < 1.29 is 28.6 Å². The van der Waals surface area contributed by atoms with Gasteiger partial charge in [-0.1, -0.05) is 298 Å². The maximum Gasteiger partial charge on any atom is 0.306 e. The van der Waals surface area contributed by atoms with Crippen LogP contribution in [0.25, 0.3) is 0 Å². The zero-order chi connectivity index (χ0) is 55.0. The Morgan fingerprint density at radius 1 is 0.276 bits per heavy atom. The molecule has 436 valence electrons. The molecule has 6 heteroatoms. The smallest absolute Gasteiger partial charge is 0.306 e. The summed E-state index contributed by atoms with van der Waals surface area (Å²) in [5.74, 6) is -0.989. The molecule has 1 unspecified atom stereocenters. The van der Waals surface area contributed by atoms with Crippen molar-refractivity contribution in [3.63, 3.8) is 0 Å². The Bertz CT molecular complexity index is 1490. The fourth-order valence-corrected chi connectivity index (χ4v) is 9.03. The lowest BCUT2D eigenvalue weighted by atomic mass is 10.0. The van der Waals surface area contributed by atoms with Crippen molar-refractivity contribution in [3.05, 3.63) is 97.2 Å². The second-order valence-corrected chi connectivity index (χ2v) is 21.3. The van der Waals surface area contributed by atoms with Gasteiger partial charge in [-0.05, 0) is 89.9 Å². The number of allylic oxidation sites excluding steroid dienone is 16. The monoisotopic (exact) mass is 1060 g/mol. The maximum atomic E-state index is 12.9. The van der Waals surface area contributed by atoms with Crippen molar-refractivity contribution in [2.75, 3.05) is 13.2 Å². The molecule has 6 nitrogen and oxygen atoms in total. The molecule has 0 N–H and O–H groups in total. The highest BCUT2D eigenvalue weighted by Gasteiger charge is 2.19. The molecule has 0 aromatic carbocycles. The van der Waals surface area contributed by atoms with Crippen molar-refractivity contribution in [2.24, 2.45) is 0 Å². The van der Waals surface area contributed by atoms with Crippen LogP contribution in [-0.2, 0) is 28.6 Å². The fraction of sp³-hybridized carbons (Fsp3) is 0.729. The van der Waals surface area contributed by atoms with E-state index in [1.807, 2.05) is 6.08 Å². The third-order valence-corrected chi connectivity index (χ3v) is 13.8. The predicted octanol–water partition coefficient (Wildman–Crippen LogP) is 22.0. The third-order valence-electron chi connectivity index (χ3n) is 13.8. The minimum absolute atomic E-state index is 0.108. The molecular formula is C70H120O6. The summed E-state index contributed by atoms with van der Waals surface area (Å²) in [5.41, 5.74) is 0. The van der Waals surface area contributed by atoms with Crippen LogP contribution in [-0.4, -0.2) is 37.2 Å². The Balaban J connectivity index is 4.46. The number of esters is 3. The molecule has 0 rings (SSSR count). The molecule has 0 aromatic heterocycles. The summed E-state index contributed by atoms with van der Waals surface area (Å²) in [6.07, 6.45) is 85.7. The molecule has 0 aliphatic heterocycles. The van der Waals surface area contributed by atoms with Gasteiger partial charge in [-0.2, -0.15) is 0 Å². The summed E-state index contributed by atoms with van der Waals surface area (Å²) >= 11 is 0. The largest absolute Gasteiger partial charge is 0.462 e. The minimum Gasteiger partial charge on any atom is -0.462 e. The topological polar surface area (TPSA) is 78.9 Å². The lowest BCUT2D eigenvalue weighted by Gasteiger charge is -2.18. The van der Waals surface area contributed by atoms with Crippen molar-refractivity contribution in [3.8, 4) is 0 Å². The fourth-order valence-electron chi connectivity index (χ4n) is 9.03. The van der Waals surface area contributed by atoms with Gasteiger partial charge in [0.1, 0.15) is 13.2 Å². The van der Waals surface area contributed by atoms with Gasteiger partial charge < -0.3 is 14.2 Å². The van der Waals surface area contributed by atoms with Crippen molar-refractivity contribution in [1.82, 2.24) is 0 Å². The summed E-state index contributed by atoms with van der Waals surface area (Å²) < 4.78 is 16.9. The van der Waals surface area contributed by atoms with E-state index in [1.165, 1.54) is 173 Å². The van der Waals surface area contributed by atoms with Gasteiger partial charge >= 0.3 is 17.9 Å². The Morgan fingerprint density at radius 3 is 0.868 bits per heavy atom. The van der Waals surface area contributed by atoms with E-state index in [0.717, 1.165) is 89.9 Å². The Morgan fingerprint density at radius 2 is 0.539 bits per heavy atom. The van der Waals surface area contributed by atoms with Crippen LogP contribution in [0, 0.1) is 0 Å². The number of carbonyl (C=O) groups excluding carboxylic acids is 3. The third kappa shape index (κ3) is 61.2. The minimum atomic E-state index is -0.822. The summed E-state index contributed by atoms with van der Waals surface area (Å²) in [5, 5.41) is 0. The van der Waals surface area contributed by atoms with Crippen LogP contribution >= 0.6 is 0 Å². The van der Waals surface area contributed by atoms with Crippen LogP contribution < -0.4 is 0 Å². The van der Waals surface area contributed by atoms with Crippen LogP contribution in [0.2, 0.25) is 0 Å². The molecule has 76 heavy (non-hydrogen) atoms. The molecule has 0 saturated heterocycles. The van der Waals surface area contributed by atoms with E-state index in [-0.39, 0.29) is 31.6 Å². The standard InChI is InChI=1S/C70H120O6/c1-4-7-10-13-16-19-22-25-28-31-34-35-37-39-42-45-48-51-54-57-60-63-69(72)75-66-67(65-74-68(71)62-59-56-53-50-47-44-41-38-33-30-27-24-21-18-15-12-9-6-3)76-70(73)64-61-58-55-52-49-46-43-40-36-32-29-26-23-20-17-14-11-8-5-2/h8,11,17,20-21,24,26,29-30,33,36,40,46,49,55,58,67H,4-7,9-10,12-16,18-19,22-23,25,27-28,31-32,34-35,37-39,41-45,47-48,50-54,56-57,59-66H2,1-3H3/b11-8-,20-17-,24-21-,29-26-,33-30-,40-36-,49-46-,58-55-. The van der Waals surface area contributed by atoms with Crippen LogP contribution in [0.3, 0.4) is 0 Å². The average Bonchev–Trinajstić information content (AvgIpc) is 3.42. The van der Waals surface area contributed by atoms with Gasteiger partial charge in [0.2, 0.25) is 0 Å². The predicted molar refractivity (Wildman–Crippen MR) is 330 cm³/mol. The van der Waals surface area contributed by atoms with E-state index in [0.29, 0.717) is 19.3 Å². The highest BCUT2D eigenvalue weighted by atomic mass is 16.6. The number of ether oxygens (including phenoxy) is 3. The first-order valence-corrected chi connectivity index (χ1v) is 32.2. The van der Waals surface area contributed by atoms with Crippen LogP contribution in [0.5, 0.6) is 0 Å². The highest BCUT2D eigenvalue weighted by molar-refractivity contribution is 5.71. The van der Waals surface area contributed by atoms with E-state index in [9.17, 15) is 14.4 Å². The quantitative estimate of drug-likeness (QED) is 0.0261. The molecule has 0 aliphatic carbocycles. The van der Waals surface area contributed by atoms with E-state index in [4.69, 9.17) is 14.2 Å². The van der Waals surface area contributed by atoms with Crippen molar-refractivity contribution in [2.45, 2.75) is 316 Å². The van der Waals surface area contributed by atoms with E-state index >= 15 is 0 Å². The molecule has 1 atom stereocenters. The SMILES string of the molecule is CC/C=C\C/C=C\C/C=C\C/C=C\C/C=C\C/C=C\CCC(=O)OC(COC(=O)CCCCCCCCC/C=C\C/C=C\CCCCCC)COC(=O)CCCCCCCCCCCCCCCCCCCCCCC. The summed E-state index contributed by atoms with van der Waals surface area (Å²) in [4.78, 5) is 38.3. The molecule has 0 aromatic rings. The number of carbonyl (C=O) groups is 3. The van der Waals surface area contributed by atoms with Gasteiger partial charge in [-0.3, -0.25) is 14.4 Å². The van der Waals surface area contributed by atoms with Crippen LogP contribution in [0.1, 0.15) is 310 Å². The first-order valence-electron chi connectivity index (χ1n) is 32.2. The molecular weight excluding hydrogens is 937 g/mol. The Labute approximate surface area is 470 Å². The second-order valence-electron chi connectivity index (χ2n) is 21.3. The second kappa shape index (κ2) is 63.9. The first-order chi connectivity index (χ1) is 37.5. The molecule has 0 saturated carbocycles. The molecule has 0 spiro atoms. The van der Waals surface area contributed by atoms with Crippen molar-refractivity contribution >= 4 is 17.9 Å². The summed E-state index contributed by atoms with van der Waals surface area (Å²) in [7, 11) is 0. The number of unbranched alkanes of at least 4 members (excludes halogenated alkanes) is 31. The molecule has 0 bridgehead atoms. The average molecular weight is 1060 g/mol. The molecule has 0 radical (unpaired) electrons. The van der Waals surface area contributed by atoms with Gasteiger partial charge in [0.05, 0.1) is 0 Å². The van der Waals surface area contributed by atoms with Gasteiger partial charge in [0, 0.05) is 19.3 Å². The molecule has 0 heterocycles. The molecule has 0 aliphatic rings. The van der Waals surface area contributed by atoms with Crippen LogP contribution in [0.4, 0.5) is 0 Å². The van der Waals surface area contributed by atoms with Crippen molar-refractivity contribution in [1.29, 1.82) is 0 Å². The normalized spacial score (nSPS) is 12.7. The lowest BCUT2D eigenvalue weighted by molar-refractivity contribution is -0.166. The number of rotatable bonds is 58. The van der Waals surface area contributed by atoms with Gasteiger partial charge in [-0.15, -0.1) is 0 Å².